The number of hydrogen-bond donors (Lipinski definition) is 3. The van der Waals surface area contributed by atoms with Gasteiger partial charge in [-0.05, 0) is 57.8 Å². The van der Waals surface area contributed by atoms with E-state index in [1.807, 2.05) is 17.1 Å². The van der Waals surface area contributed by atoms with Crippen LogP contribution in [0.2, 0.25) is 0 Å². The highest BCUT2D eigenvalue weighted by molar-refractivity contribution is 5.85. The predicted molar refractivity (Wildman–Crippen MR) is 159 cm³/mol. The van der Waals surface area contributed by atoms with Gasteiger partial charge >= 0.3 is 0 Å². The number of H-pyrrole nitrogens is 1. The summed E-state index contributed by atoms with van der Waals surface area (Å²) in [5.74, 6) is 0.619. The van der Waals surface area contributed by atoms with E-state index in [1.54, 1.807) is 0 Å². The number of anilines is 1. The number of aromatic amines is 1. The lowest BCUT2D eigenvalue weighted by Gasteiger charge is -2.05. The maximum Gasteiger partial charge on any atom is 0.220 e. The van der Waals surface area contributed by atoms with Gasteiger partial charge in [0.15, 0.2) is 5.95 Å². The number of carbonyl (C=O) groups is 1. The average Bonchev–Trinajstić information content (AvgIpc) is 3.52. The van der Waals surface area contributed by atoms with Crippen LogP contribution in [0.5, 0.6) is 0 Å². The van der Waals surface area contributed by atoms with E-state index in [0.717, 1.165) is 56.3 Å². The topological polar surface area (TPSA) is 115 Å². The van der Waals surface area contributed by atoms with Crippen molar-refractivity contribution in [2.45, 2.75) is 129 Å². The number of rotatable bonds is 23. The van der Waals surface area contributed by atoms with E-state index in [2.05, 4.69) is 44.7 Å². The van der Waals surface area contributed by atoms with E-state index in [4.69, 9.17) is 5.73 Å². The van der Waals surface area contributed by atoms with Crippen molar-refractivity contribution in [3.05, 3.63) is 35.9 Å². The molecule has 1 amide bonds. The summed E-state index contributed by atoms with van der Waals surface area (Å²) in [5.41, 5.74) is 7.62. The first-order valence-corrected chi connectivity index (χ1v) is 14.8. The Morgan fingerprint density at radius 1 is 0.921 bits per heavy atom. The highest BCUT2D eigenvalue weighted by Crippen LogP contribution is 2.10. The third kappa shape index (κ3) is 17.2. The van der Waals surface area contributed by atoms with E-state index >= 15 is 0 Å². The summed E-state index contributed by atoms with van der Waals surface area (Å²) in [5, 5.41) is 11.4. The van der Waals surface area contributed by atoms with Crippen molar-refractivity contribution >= 4 is 24.3 Å². The van der Waals surface area contributed by atoms with Gasteiger partial charge in [0.25, 0.3) is 0 Å². The predicted octanol–water partition coefficient (Wildman–Crippen LogP) is 6.72. The third-order valence-electron chi connectivity index (χ3n) is 6.68. The molecular weight excluding hydrogens is 498 g/mol. The van der Waals surface area contributed by atoms with E-state index < -0.39 is 0 Å². The fourth-order valence-electron chi connectivity index (χ4n) is 4.43. The SMILES string of the molecule is CCCCCCCC/C=C/CCCCCCC(=O)NCCn1cc(CCCCCc2c[nH]c(N)n2)nn1.Cl. The van der Waals surface area contributed by atoms with E-state index in [-0.39, 0.29) is 18.3 Å². The zero-order valence-electron chi connectivity index (χ0n) is 23.6. The third-order valence-corrected chi connectivity index (χ3v) is 6.68. The fourth-order valence-corrected chi connectivity index (χ4v) is 4.43. The van der Waals surface area contributed by atoms with Gasteiger partial charge in [0.1, 0.15) is 0 Å². The number of halogens is 1. The van der Waals surface area contributed by atoms with Crippen LogP contribution in [0.25, 0.3) is 0 Å². The largest absolute Gasteiger partial charge is 0.369 e. The number of aromatic nitrogens is 5. The van der Waals surface area contributed by atoms with Crippen LogP contribution in [-0.4, -0.2) is 37.4 Å². The standard InChI is InChI=1S/C29H51N7O.ClH/c1-2-3-4-5-6-7-8-9-10-11-12-13-14-18-21-28(37)31-22-23-36-25-27(34-35-36)20-17-15-16-19-26-24-32-29(30)33-26;/h9-10,24-25H,2-8,11-23H2,1H3,(H,31,37)(H3,30,32,33);1H/b10-9+;. The molecule has 2 heterocycles. The maximum absolute atomic E-state index is 12.1. The number of nitrogens with one attached hydrogen (secondary N) is 2. The van der Waals surface area contributed by atoms with Gasteiger partial charge in [-0.3, -0.25) is 9.48 Å². The Bertz CT molecular complexity index is 865. The lowest BCUT2D eigenvalue weighted by atomic mass is 10.1. The number of aryl methyl sites for hydroxylation is 2. The number of nitrogens with two attached hydrogens (primary N) is 1. The molecule has 0 spiro atoms. The Morgan fingerprint density at radius 2 is 1.55 bits per heavy atom. The molecule has 4 N–H and O–H groups in total. The van der Waals surface area contributed by atoms with Gasteiger partial charge in [-0.15, -0.1) is 17.5 Å². The average molecular weight is 550 g/mol. The van der Waals surface area contributed by atoms with Crippen molar-refractivity contribution in [2.75, 3.05) is 12.3 Å². The number of imidazole rings is 1. The summed E-state index contributed by atoms with van der Waals surface area (Å²) in [6.07, 6.45) is 29.4. The second kappa shape index (κ2) is 22.6. The Kier molecular flexibility index (Phi) is 20.0. The number of amides is 1. The van der Waals surface area contributed by atoms with Crippen molar-refractivity contribution < 1.29 is 4.79 Å². The van der Waals surface area contributed by atoms with E-state index in [1.165, 1.54) is 64.2 Å². The van der Waals surface area contributed by atoms with Gasteiger partial charge in [-0.2, -0.15) is 0 Å². The van der Waals surface area contributed by atoms with E-state index in [9.17, 15) is 4.79 Å². The molecule has 0 bridgehead atoms. The Labute approximate surface area is 236 Å². The van der Waals surface area contributed by atoms with Gasteiger partial charge in [0.05, 0.1) is 17.9 Å². The first kappa shape index (κ1) is 33.7. The monoisotopic (exact) mass is 549 g/mol. The molecule has 0 saturated heterocycles. The van der Waals surface area contributed by atoms with Crippen molar-refractivity contribution in [3.63, 3.8) is 0 Å². The van der Waals surface area contributed by atoms with Gasteiger partial charge in [0.2, 0.25) is 5.91 Å². The van der Waals surface area contributed by atoms with E-state index in [0.29, 0.717) is 25.5 Å². The zero-order chi connectivity index (χ0) is 26.4. The zero-order valence-corrected chi connectivity index (χ0v) is 24.5. The minimum absolute atomic E-state index is 0. The van der Waals surface area contributed by atoms with Gasteiger partial charge in [-0.25, -0.2) is 4.98 Å². The minimum atomic E-state index is 0. The van der Waals surface area contributed by atoms with Crippen LogP contribution >= 0.6 is 12.4 Å². The van der Waals surface area contributed by atoms with Crippen LogP contribution in [0.1, 0.15) is 121 Å². The normalized spacial score (nSPS) is 11.2. The number of hydrogen-bond acceptors (Lipinski definition) is 5. The molecule has 2 aromatic rings. The van der Waals surface area contributed by atoms with Crippen LogP contribution in [0.3, 0.4) is 0 Å². The fraction of sp³-hybridized carbons (Fsp3) is 0.724. The molecule has 0 fully saturated rings. The summed E-state index contributed by atoms with van der Waals surface area (Å²) in [6, 6.07) is 0. The number of carbonyl (C=O) groups excluding carboxylic acids is 1. The number of unbranched alkanes of at least 4 members (excludes halogenated alkanes) is 12. The maximum atomic E-state index is 12.1. The molecule has 0 unspecified atom stereocenters. The molecule has 0 atom stereocenters. The first-order chi connectivity index (χ1) is 18.2. The van der Waals surface area contributed by atoms with Gasteiger partial charge in [0, 0.05) is 25.4 Å². The first-order valence-electron chi connectivity index (χ1n) is 14.8. The van der Waals surface area contributed by atoms with Crippen molar-refractivity contribution in [1.29, 1.82) is 0 Å². The van der Waals surface area contributed by atoms with Gasteiger partial charge < -0.3 is 16.0 Å². The molecule has 0 aliphatic heterocycles. The Morgan fingerprint density at radius 3 is 2.24 bits per heavy atom. The van der Waals surface area contributed by atoms with Crippen LogP contribution in [0.15, 0.2) is 24.5 Å². The van der Waals surface area contributed by atoms with Crippen molar-refractivity contribution in [3.8, 4) is 0 Å². The quantitative estimate of drug-likeness (QED) is 0.105. The summed E-state index contributed by atoms with van der Waals surface area (Å²) in [6.45, 7) is 3.52. The highest BCUT2D eigenvalue weighted by atomic mass is 35.5. The molecule has 8 nitrogen and oxygen atoms in total. The highest BCUT2D eigenvalue weighted by Gasteiger charge is 2.04. The number of nitrogens with zero attached hydrogens (tertiary/aromatic N) is 4. The summed E-state index contributed by atoms with van der Waals surface area (Å²) in [7, 11) is 0. The molecule has 0 saturated carbocycles. The van der Waals surface area contributed by atoms with Crippen LogP contribution in [-0.2, 0) is 24.2 Å². The number of nitrogen functional groups attached to an aromatic ring is 1. The molecule has 9 heteroatoms. The van der Waals surface area contributed by atoms with Crippen LogP contribution in [0, 0.1) is 0 Å². The van der Waals surface area contributed by atoms with Crippen LogP contribution in [0.4, 0.5) is 5.95 Å². The second-order valence-electron chi connectivity index (χ2n) is 10.1. The van der Waals surface area contributed by atoms with Gasteiger partial charge in [-0.1, -0.05) is 75.7 Å². The summed E-state index contributed by atoms with van der Waals surface area (Å²) in [4.78, 5) is 19.2. The Balaban J connectivity index is 0.00000722. The molecule has 0 aliphatic carbocycles. The molecule has 38 heavy (non-hydrogen) atoms. The minimum Gasteiger partial charge on any atom is -0.369 e. The Hall–Kier alpha value is -2.35. The molecule has 216 valence electrons. The second-order valence-corrected chi connectivity index (χ2v) is 10.1. The number of allylic oxidation sites excluding steroid dienone is 2. The molecular formula is C29H52ClN7O. The lowest BCUT2D eigenvalue weighted by molar-refractivity contribution is -0.121. The van der Waals surface area contributed by atoms with Crippen molar-refractivity contribution in [1.82, 2.24) is 30.3 Å². The molecule has 0 aliphatic rings. The lowest BCUT2D eigenvalue weighted by Crippen LogP contribution is -2.27. The molecule has 0 radical (unpaired) electrons. The summed E-state index contributed by atoms with van der Waals surface area (Å²) >= 11 is 0. The molecule has 0 aromatic carbocycles. The van der Waals surface area contributed by atoms with Crippen LogP contribution < -0.4 is 11.1 Å². The molecule has 2 aromatic heterocycles. The molecule has 2 rings (SSSR count). The summed E-state index contributed by atoms with van der Waals surface area (Å²) < 4.78 is 1.82. The van der Waals surface area contributed by atoms with Crippen molar-refractivity contribution in [2.24, 2.45) is 0 Å². The smallest absolute Gasteiger partial charge is 0.220 e.